The van der Waals surface area contributed by atoms with Crippen molar-refractivity contribution in [1.82, 2.24) is 4.98 Å². The molecule has 0 aromatic carbocycles. The highest BCUT2D eigenvalue weighted by atomic mass is 127. The first-order chi connectivity index (χ1) is 5.79. The molecule has 0 fully saturated rings. The molecule has 0 saturated heterocycles. The Morgan fingerprint density at radius 3 is 3.08 bits per heavy atom. The van der Waals surface area contributed by atoms with Crippen LogP contribution < -0.4 is 0 Å². The first-order valence-corrected chi connectivity index (χ1v) is 6.87. The molecule has 2 aromatic rings. The lowest BCUT2D eigenvalue weighted by Crippen LogP contribution is -1.70. The summed E-state index contributed by atoms with van der Waals surface area (Å²) in [4.78, 5) is 4.11. The molecule has 0 unspecified atom stereocenters. The number of furan rings is 1. The van der Waals surface area contributed by atoms with Gasteiger partial charge in [0.15, 0.2) is 10.7 Å². The van der Waals surface area contributed by atoms with Gasteiger partial charge in [-0.1, -0.05) is 11.6 Å². The van der Waals surface area contributed by atoms with E-state index < -0.39 is 0 Å². The van der Waals surface area contributed by atoms with Gasteiger partial charge >= 0.3 is 0 Å². The zero-order chi connectivity index (χ0) is 8.55. The molecule has 0 saturated carbocycles. The number of pyridine rings is 1. The summed E-state index contributed by atoms with van der Waals surface area (Å²) < 4.78 is 5.41. The predicted molar refractivity (Wildman–Crippen MR) is 58.9 cm³/mol. The molecule has 2 aromatic heterocycles. The fraction of sp³-hybridized carbons (Fsp3) is 0. The van der Waals surface area contributed by atoms with Crippen LogP contribution in [0.25, 0.3) is 11.1 Å². The minimum absolute atomic E-state index is 0.599. The van der Waals surface area contributed by atoms with Crippen molar-refractivity contribution in [3.63, 3.8) is 0 Å². The van der Waals surface area contributed by atoms with Gasteiger partial charge in [0.05, 0.1) is 5.02 Å². The molecule has 0 amide bonds. The van der Waals surface area contributed by atoms with E-state index in [1.54, 1.807) is 12.3 Å². The highest BCUT2D eigenvalue weighted by Crippen LogP contribution is 2.30. The summed E-state index contributed by atoms with van der Waals surface area (Å²) in [6.45, 7) is 0. The van der Waals surface area contributed by atoms with E-state index in [9.17, 15) is 0 Å². The zero-order valence-electron chi connectivity index (χ0n) is 5.75. The summed E-state index contributed by atoms with van der Waals surface area (Å²) in [5.74, 6) is 0. The molecule has 12 heavy (non-hydrogen) atoms. The Morgan fingerprint density at radius 2 is 2.33 bits per heavy atom. The van der Waals surface area contributed by atoms with Crippen LogP contribution in [0.4, 0.5) is 0 Å². The third-order valence-corrected chi connectivity index (χ3v) is 3.25. The molecule has 0 radical (unpaired) electrons. The number of fused-ring (bicyclic) bond motifs is 1. The van der Waals surface area contributed by atoms with Gasteiger partial charge in [0.1, 0.15) is 5.52 Å². The van der Waals surface area contributed by atoms with Gasteiger partial charge < -0.3 is 4.42 Å². The fourth-order valence-electron chi connectivity index (χ4n) is 0.909. The molecule has 0 atom stereocenters. The maximum atomic E-state index is 5.74. The van der Waals surface area contributed by atoms with E-state index in [-0.39, 0.29) is 0 Å². The topological polar surface area (TPSA) is 26.0 Å². The minimum Gasteiger partial charge on any atom is -0.447 e. The van der Waals surface area contributed by atoms with E-state index in [4.69, 9.17) is 16.0 Å². The van der Waals surface area contributed by atoms with Gasteiger partial charge in [0.2, 0.25) is 0 Å². The average molecular weight is 312 g/mol. The van der Waals surface area contributed by atoms with Crippen molar-refractivity contribution in [3.05, 3.63) is 23.4 Å². The normalized spacial score (nSPS) is 10.8. The maximum absolute atomic E-state index is 5.74. The van der Waals surface area contributed by atoms with E-state index in [0.29, 0.717) is 5.02 Å². The second-order valence-corrected chi connectivity index (χ2v) is 4.49. The van der Waals surface area contributed by atoms with Crippen molar-refractivity contribution >= 4 is 52.8 Å². The zero-order valence-corrected chi connectivity index (χ0v) is 9.48. The Kier molecular flexibility index (Phi) is 2.47. The van der Waals surface area contributed by atoms with Crippen LogP contribution in [0.2, 0.25) is 5.02 Å². The summed E-state index contributed by atoms with van der Waals surface area (Å²) in [6, 6.07) is 3.66. The Morgan fingerprint density at radius 1 is 1.50 bits per heavy atom. The van der Waals surface area contributed by atoms with Crippen molar-refractivity contribution < 1.29 is 4.42 Å². The molecule has 2 rings (SSSR count). The number of hydrogen-bond acceptors (Lipinski definition) is 3. The highest BCUT2D eigenvalue weighted by molar-refractivity contribution is 14.2. The molecule has 5 heteroatoms. The molecule has 0 bridgehead atoms. The third-order valence-electron chi connectivity index (χ3n) is 1.39. The molecule has 62 valence electrons. The summed E-state index contributed by atoms with van der Waals surface area (Å²) in [5, 5.41) is 1.45. The molecule has 0 spiro atoms. The number of aromatic nitrogens is 1. The molecule has 0 N–H and O–H groups in total. The molecule has 2 nitrogen and oxygen atoms in total. The smallest absolute Gasteiger partial charge is 0.173 e. The largest absolute Gasteiger partial charge is 0.447 e. The van der Waals surface area contributed by atoms with Crippen LogP contribution in [0.5, 0.6) is 0 Å². The van der Waals surface area contributed by atoms with Crippen LogP contribution in [-0.4, -0.2) is 4.98 Å². The second-order valence-electron chi connectivity index (χ2n) is 2.18. The molecular formula is C7H3ClINOS. The van der Waals surface area contributed by atoms with E-state index in [1.807, 2.05) is 6.07 Å². The molecule has 0 aliphatic heterocycles. The summed E-state index contributed by atoms with van der Waals surface area (Å²) >= 11 is 7.90. The quantitative estimate of drug-likeness (QED) is 0.747. The number of rotatable bonds is 1. The molecule has 2 heterocycles. The summed E-state index contributed by atoms with van der Waals surface area (Å²) in [7, 11) is 1.52. The lowest BCUT2D eigenvalue weighted by atomic mass is 10.4. The SMILES string of the molecule is Clc1cnc2cc(SI)oc2c1. The third kappa shape index (κ3) is 1.55. The summed E-state index contributed by atoms with van der Waals surface area (Å²) in [6.07, 6.45) is 1.61. The predicted octanol–water partition coefficient (Wildman–Crippen LogP) is 3.92. The van der Waals surface area contributed by atoms with Gasteiger partial charge in [0.25, 0.3) is 0 Å². The van der Waals surface area contributed by atoms with Crippen LogP contribution in [-0.2, 0) is 0 Å². The standard InChI is InChI=1S/C7H3ClINOS/c8-4-1-6-5(10-3-4)2-7(11-6)12-9/h1-3H. The van der Waals surface area contributed by atoms with Crippen LogP contribution in [0.3, 0.4) is 0 Å². The van der Waals surface area contributed by atoms with Gasteiger partial charge in [-0.05, 0) is 8.93 Å². The van der Waals surface area contributed by atoms with Crippen molar-refractivity contribution in [1.29, 1.82) is 0 Å². The Balaban J connectivity index is 2.67. The van der Waals surface area contributed by atoms with Crippen molar-refractivity contribution in [2.45, 2.75) is 5.09 Å². The van der Waals surface area contributed by atoms with Crippen LogP contribution in [0.1, 0.15) is 0 Å². The molecular weight excluding hydrogens is 309 g/mol. The Bertz CT molecular complexity index is 417. The lowest BCUT2D eigenvalue weighted by Gasteiger charge is -1.86. The van der Waals surface area contributed by atoms with Crippen LogP contribution >= 0.6 is 41.7 Å². The van der Waals surface area contributed by atoms with Gasteiger partial charge in [-0.25, -0.2) is 0 Å². The van der Waals surface area contributed by atoms with Crippen molar-refractivity contribution in [3.8, 4) is 0 Å². The highest BCUT2D eigenvalue weighted by Gasteiger charge is 2.03. The molecule has 0 aliphatic carbocycles. The first kappa shape index (κ1) is 8.65. The fourth-order valence-corrected chi connectivity index (χ4v) is 1.99. The summed E-state index contributed by atoms with van der Waals surface area (Å²) in [5.41, 5.74) is 1.58. The van der Waals surface area contributed by atoms with E-state index >= 15 is 0 Å². The Labute approximate surface area is 90.3 Å². The van der Waals surface area contributed by atoms with Crippen molar-refractivity contribution in [2.24, 2.45) is 0 Å². The van der Waals surface area contributed by atoms with Crippen LogP contribution in [0.15, 0.2) is 27.8 Å². The number of hydrogen-bond donors (Lipinski definition) is 0. The van der Waals surface area contributed by atoms with Gasteiger partial charge in [0, 0.05) is 39.5 Å². The van der Waals surface area contributed by atoms with Crippen LogP contribution in [0, 0.1) is 0 Å². The monoisotopic (exact) mass is 311 g/mol. The van der Waals surface area contributed by atoms with Crippen molar-refractivity contribution in [2.75, 3.05) is 0 Å². The Hall–Kier alpha value is 0.0600. The molecule has 0 aliphatic rings. The lowest BCUT2D eigenvalue weighted by molar-refractivity contribution is 0.517. The average Bonchev–Trinajstić information content (AvgIpc) is 2.46. The van der Waals surface area contributed by atoms with E-state index in [1.165, 1.54) is 8.93 Å². The second kappa shape index (κ2) is 3.43. The number of halogens is 2. The first-order valence-electron chi connectivity index (χ1n) is 3.13. The van der Waals surface area contributed by atoms with E-state index in [0.717, 1.165) is 16.2 Å². The van der Waals surface area contributed by atoms with Gasteiger partial charge in [-0.15, -0.1) is 0 Å². The minimum atomic E-state index is 0.599. The van der Waals surface area contributed by atoms with E-state index in [2.05, 4.69) is 26.2 Å². The van der Waals surface area contributed by atoms with Gasteiger partial charge in [-0.3, -0.25) is 4.98 Å². The van der Waals surface area contributed by atoms with Gasteiger partial charge in [-0.2, -0.15) is 0 Å². The number of nitrogens with zero attached hydrogens (tertiary/aromatic N) is 1. The maximum Gasteiger partial charge on any atom is 0.173 e.